The van der Waals surface area contributed by atoms with Gasteiger partial charge in [0.15, 0.2) is 0 Å². The lowest BCUT2D eigenvalue weighted by Crippen LogP contribution is -2.46. The highest BCUT2D eigenvalue weighted by Gasteiger charge is 2.46. The lowest BCUT2D eigenvalue weighted by Gasteiger charge is -2.29. The number of aliphatic hydroxyl groups is 1. The normalized spacial score (nSPS) is 20.0. The van der Waals surface area contributed by atoms with E-state index in [1.807, 2.05) is 30.3 Å². The molecule has 24 heavy (non-hydrogen) atoms. The summed E-state index contributed by atoms with van der Waals surface area (Å²) in [5, 5.41) is 9.73. The van der Waals surface area contributed by atoms with E-state index in [0.29, 0.717) is 10.5 Å². The minimum absolute atomic E-state index is 0.165. The second-order valence-corrected chi connectivity index (χ2v) is 6.62. The van der Waals surface area contributed by atoms with Crippen LogP contribution in [0.4, 0.5) is 13.2 Å². The van der Waals surface area contributed by atoms with Gasteiger partial charge in [-0.15, -0.1) is 0 Å². The van der Waals surface area contributed by atoms with Gasteiger partial charge in [-0.05, 0) is 29.5 Å². The van der Waals surface area contributed by atoms with E-state index in [1.165, 1.54) is 0 Å². The molecule has 3 nitrogen and oxygen atoms in total. The quantitative estimate of drug-likeness (QED) is 0.918. The third-order valence-electron chi connectivity index (χ3n) is 5.26. The molecule has 0 aromatic heterocycles. The van der Waals surface area contributed by atoms with Gasteiger partial charge in [-0.1, -0.05) is 43.2 Å². The minimum atomic E-state index is -4.95. The molecular weight excluding hydrogens is 319 g/mol. The van der Waals surface area contributed by atoms with Gasteiger partial charge < -0.3 is 10.0 Å². The monoisotopic (exact) mass is 339 g/mol. The lowest BCUT2D eigenvalue weighted by atomic mass is 9.81. The van der Waals surface area contributed by atoms with Gasteiger partial charge >= 0.3 is 12.1 Å². The molecule has 0 heterocycles. The summed E-state index contributed by atoms with van der Waals surface area (Å²) in [4.78, 5) is 12.2. The summed E-state index contributed by atoms with van der Waals surface area (Å²) in [7, 11) is 1.10. The highest BCUT2D eigenvalue weighted by Crippen LogP contribution is 2.51. The van der Waals surface area contributed by atoms with Crippen molar-refractivity contribution in [3.63, 3.8) is 0 Å². The molecule has 0 bridgehead atoms. The molecular formula is C18H20F3NO2. The maximum absolute atomic E-state index is 12.8. The van der Waals surface area contributed by atoms with Crippen molar-refractivity contribution in [1.82, 2.24) is 4.90 Å². The number of carbonyl (C=O) groups is 1. The van der Waals surface area contributed by atoms with E-state index in [2.05, 4.69) is 0 Å². The van der Waals surface area contributed by atoms with Crippen LogP contribution in [0.15, 0.2) is 30.3 Å². The molecule has 0 saturated heterocycles. The van der Waals surface area contributed by atoms with Gasteiger partial charge in [0.1, 0.15) is 0 Å². The first-order valence-corrected chi connectivity index (χ1v) is 8.08. The predicted molar refractivity (Wildman–Crippen MR) is 84.3 cm³/mol. The Morgan fingerprint density at radius 1 is 1.29 bits per heavy atom. The van der Waals surface area contributed by atoms with Crippen molar-refractivity contribution in [2.75, 3.05) is 13.7 Å². The zero-order chi connectivity index (χ0) is 17.5. The van der Waals surface area contributed by atoms with Crippen LogP contribution in [0, 0.1) is 0 Å². The predicted octanol–water partition coefficient (Wildman–Crippen LogP) is 3.28. The van der Waals surface area contributed by atoms with Crippen LogP contribution in [0.5, 0.6) is 0 Å². The Balaban J connectivity index is 2.02. The standard InChI is InChI=1S/C18H20F3NO2/c1-22(16(24)18(19,20)21)15(11-23)13-10-17(8-4-5-9-17)14-7-3-2-6-12(13)14/h2-3,6-7,10,15,23H,4-5,8-9,11H2,1H3. The van der Waals surface area contributed by atoms with Crippen molar-refractivity contribution in [2.45, 2.75) is 43.3 Å². The molecule has 2 aliphatic carbocycles. The van der Waals surface area contributed by atoms with Crippen molar-refractivity contribution in [3.05, 3.63) is 41.5 Å². The molecule has 1 N–H and O–H groups in total. The van der Waals surface area contributed by atoms with Gasteiger partial charge in [0, 0.05) is 12.5 Å². The van der Waals surface area contributed by atoms with E-state index in [4.69, 9.17) is 0 Å². The molecule has 1 unspecified atom stereocenters. The molecule has 6 heteroatoms. The molecule has 1 aromatic rings. The Bertz CT molecular complexity index is 675. The van der Waals surface area contributed by atoms with Gasteiger partial charge in [-0.2, -0.15) is 13.2 Å². The molecule has 1 fully saturated rings. The number of likely N-dealkylation sites (N-methyl/N-ethyl adjacent to an activating group) is 1. The van der Waals surface area contributed by atoms with Crippen LogP contribution >= 0.6 is 0 Å². The Labute approximate surface area is 138 Å². The number of halogens is 3. The molecule has 1 atom stereocenters. The number of alkyl halides is 3. The first-order chi connectivity index (χ1) is 11.3. The third-order valence-corrected chi connectivity index (χ3v) is 5.26. The molecule has 1 saturated carbocycles. The van der Waals surface area contributed by atoms with Crippen LogP contribution in [0.2, 0.25) is 0 Å². The second kappa shape index (κ2) is 5.92. The number of benzene rings is 1. The van der Waals surface area contributed by atoms with E-state index < -0.39 is 24.7 Å². The Kier molecular flexibility index (Phi) is 4.20. The molecule has 1 aromatic carbocycles. The van der Waals surface area contributed by atoms with Crippen LogP contribution in [0.3, 0.4) is 0 Å². The van der Waals surface area contributed by atoms with Crippen LogP contribution in [-0.2, 0) is 10.2 Å². The average molecular weight is 339 g/mol. The third kappa shape index (κ3) is 2.62. The highest BCUT2D eigenvalue weighted by atomic mass is 19.4. The smallest absolute Gasteiger partial charge is 0.394 e. The molecule has 3 rings (SSSR count). The molecule has 130 valence electrons. The number of hydrogen-bond acceptors (Lipinski definition) is 2. The van der Waals surface area contributed by atoms with Gasteiger partial charge in [0.05, 0.1) is 12.6 Å². The van der Waals surface area contributed by atoms with Crippen LogP contribution < -0.4 is 0 Å². The van der Waals surface area contributed by atoms with Crippen molar-refractivity contribution >= 4 is 11.5 Å². The van der Waals surface area contributed by atoms with Crippen LogP contribution in [0.1, 0.15) is 36.8 Å². The fourth-order valence-electron chi connectivity index (χ4n) is 4.09. The maximum Gasteiger partial charge on any atom is 0.471 e. The number of amides is 1. The number of aliphatic hydroxyl groups excluding tert-OH is 1. The van der Waals surface area contributed by atoms with E-state index in [1.54, 1.807) is 0 Å². The summed E-state index contributed by atoms with van der Waals surface area (Å²) in [5.74, 6) is -1.94. The molecule has 1 amide bonds. The van der Waals surface area contributed by atoms with E-state index in [9.17, 15) is 23.1 Å². The fraction of sp³-hybridized carbons (Fsp3) is 0.500. The number of rotatable bonds is 3. The van der Waals surface area contributed by atoms with Crippen LogP contribution in [-0.4, -0.2) is 41.8 Å². The van der Waals surface area contributed by atoms with Gasteiger partial charge in [-0.25, -0.2) is 0 Å². The summed E-state index contributed by atoms with van der Waals surface area (Å²) in [6.45, 7) is -0.547. The zero-order valence-electron chi connectivity index (χ0n) is 13.4. The second-order valence-electron chi connectivity index (χ2n) is 6.62. The van der Waals surface area contributed by atoms with Gasteiger partial charge in [-0.3, -0.25) is 4.79 Å². The highest BCUT2D eigenvalue weighted by molar-refractivity contribution is 5.87. The molecule has 0 radical (unpaired) electrons. The fourth-order valence-corrected chi connectivity index (χ4v) is 4.09. The molecule has 0 aliphatic heterocycles. The Morgan fingerprint density at radius 3 is 2.50 bits per heavy atom. The average Bonchev–Trinajstić information content (AvgIpc) is 3.14. The molecule has 2 aliphatic rings. The number of carbonyl (C=O) groups excluding carboxylic acids is 1. The van der Waals surface area contributed by atoms with Crippen molar-refractivity contribution in [3.8, 4) is 0 Å². The zero-order valence-corrected chi connectivity index (χ0v) is 13.4. The van der Waals surface area contributed by atoms with Crippen molar-refractivity contribution in [1.29, 1.82) is 0 Å². The van der Waals surface area contributed by atoms with Crippen molar-refractivity contribution < 1.29 is 23.1 Å². The minimum Gasteiger partial charge on any atom is -0.394 e. The number of fused-ring (bicyclic) bond motifs is 2. The Morgan fingerprint density at radius 2 is 1.92 bits per heavy atom. The maximum atomic E-state index is 12.8. The largest absolute Gasteiger partial charge is 0.471 e. The molecule has 1 spiro atoms. The number of nitrogens with zero attached hydrogens (tertiary/aromatic N) is 1. The van der Waals surface area contributed by atoms with Gasteiger partial charge in [0.2, 0.25) is 0 Å². The Hall–Kier alpha value is -1.82. The SMILES string of the molecule is CN(C(=O)C(F)(F)F)C(CO)C1=CC2(CCCC2)c2ccccc21. The topological polar surface area (TPSA) is 40.5 Å². The summed E-state index contributed by atoms with van der Waals surface area (Å²) >= 11 is 0. The van der Waals surface area contributed by atoms with E-state index in [0.717, 1.165) is 43.9 Å². The summed E-state index contributed by atoms with van der Waals surface area (Å²) in [6.07, 6.45) is 1.07. The summed E-state index contributed by atoms with van der Waals surface area (Å²) < 4.78 is 38.3. The summed E-state index contributed by atoms with van der Waals surface area (Å²) in [5.41, 5.74) is 2.40. The lowest BCUT2D eigenvalue weighted by molar-refractivity contribution is -0.185. The van der Waals surface area contributed by atoms with E-state index >= 15 is 0 Å². The van der Waals surface area contributed by atoms with Crippen LogP contribution in [0.25, 0.3) is 5.57 Å². The summed E-state index contributed by atoms with van der Waals surface area (Å²) in [6, 6.07) is 6.63. The van der Waals surface area contributed by atoms with E-state index in [-0.39, 0.29) is 5.41 Å². The number of allylic oxidation sites excluding steroid dienone is 1. The first-order valence-electron chi connectivity index (χ1n) is 8.08. The number of hydrogen-bond donors (Lipinski definition) is 1. The van der Waals surface area contributed by atoms with Crippen molar-refractivity contribution in [2.24, 2.45) is 0 Å². The van der Waals surface area contributed by atoms with Gasteiger partial charge in [0.25, 0.3) is 0 Å². The first kappa shape index (κ1) is 17.0.